The molecule has 1 saturated heterocycles. The second kappa shape index (κ2) is 8.42. The van der Waals surface area contributed by atoms with Gasteiger partial charge in [-0.3, -0.25) is 14.6 Å². The minimum atomic E-state index is -0.372. The lowest BCUT2D eigenvalue weighted by molar-refractivity contribution is -0.146. The third-order valence-corrected chi connectivity index (χ3v) is 6.15. The zero-order valence-corrected chi connectivity index (χ0v) is 17.0. The molecule has 0 amide bonds. The Hall–Kier alpha value is -2.58. The zero-order chi connectivity index (χ0) is 20.4. The fraction of sp³-hybridized carbons (Fsp3) is 0.429. The van der Waals surface area contributed by atoms with E-state index in [2.05, 4.69) is 9.97 Å². The van der Waals surface area contributed by atoms with Crippen molar-refractivity contribution in [1.82, 2.24) is 9.97 Å². The van der Waals surface area contributed by atoms with Crippen LogP contribution in [0.2, 0.25) is 0 Å². The first-order valence-electron chi connectivity index (χ1n) is 9.67. The van der Waals surface area contributed by atoms with E-state index in [1.54, 1.807) is 18.3 Å². The van der Waals surface area contributed by atoms with Crippen LogP contribution in [0.1, 0.15) is 50.9 Å². The number of aromatic nitrogens is 2. The first-order valence-corrected chi connectivity index (χ1v) is 10.5. The lowest BCUT2D eigenvalue weighted by Crippen LogP contribution is -2.18. The van der Waals surface area contributed by atoms with Crippen molar-refractivity contribution in [1.29, 1.82) is 0 Å². The number of fused-ring (bicyclic) bond motifs is 1. The summed E-state index contributed by atoms with van der Waals surface area (Å²) in [6.45, 7) is 2.83. The lowest BCUT2D eigenvalue weighted by Gasteiger charge is -2.14. The van der Waals surface area contributed by atoms with E-state index in [1.165, 1.54) is 11.3 Å². The molecule has 152 valence electrons. The molecule has 0 radical (unpaired) electrons. The Bertz CT molecular complexity index is 958. The number of ketones is 1. The van der Waals surface area contributed by atoms with Crippen LogP contribution in [0.25, 0.3) is 5.76 Å². The first kappa shape index (κ1) is 19.7. The van der Waals surface area contributed by atoms with Gasteiger partial charge in [-0.05, 0) is 44.7 Å². The smallest absolute Gasteiger partial charge is 0.312 e. The number of ether oxygens (including phenoxy) is 2. The summed E-state index contributed by atoms with van der Waals surface area (Å²) in [6, 6.07) is 3.54. The molecule has 1 aliphatic carbocycles. The molecule has 2 aromatic rings. The number of aliphatic hydroxyl groups is 1. The minimum Gasteiger partial charge on any atom is -0.507 e. The molecule has 0 bridgehead atoms. The Morgan fingerprint density at radius 1 is 1.38 bits per heavy atom. The standard InChI is InChI=1S/C21H22N2O5S/c1-12-4-5-13(10-22-12)19(25)15-6-7-16-21(20(15)26)29-17(23-16)9-18(24)28-11-14-3-2-8-27-14/h4-5,10,14,25H,2-3,6-9,11H2,1H3/b19-15-. The summed E-state index contributed by atoms with van der Waals surface area (Å²) in [6.07, 6.45) is 4.41. The molecule has 2 aromatic heterocycles. The summed E-state index contributed by atoms with van der Waals surface area (Å²) in [5.41, 5.74) is 2.40. The molecule has 1 N–H and O–H groups in total. The van der Waals surface area contributed by atoms with Gasteiger partial charge in [-0.25, -0.2) is 4.98 Å². The summed E-state index contributed by atoms with van der Waals surface area (Å²) in [7, 11) is 0. The van der Waals surface area contributed by atoms with Gasteiger partial charge in [0.2, 0.25) is 5.78 Å². The van der Waals surface area contributed by atoms with Gasteiger partial charge in [0.1, 0.15) is 17.4 Å². The molecule has 3 heterocycles. The Morgan fingerprint density at radius 2 is 2.24 bits per heavy atom. The minimum absolute atomic E-state index is 0.0167. The van der Waals surface area contributed by atoms with Crippen molar-refractivity contribution < 1.29 is 24.2 Å². The number of Topliss-reactive ketones (excluding diaryl/α,β-unsaturated/α-hetero) is 1. The maximum atomic E-state index is 12.9. The van der Waals surface area contributed by atoms with Crippen LogP contribution in [-0.2, 0) is 27.1 Å². The van der Waals surface area contributed by atoms with Crippen molar-refractivity contribution in [3.8, 4) is 0 Å². The summed E-state index contributed by atoms with van der Waals surface area (Å²) < 4.78 is 10.7. The maximum Gasteiger partial charge on any atom is 0.312 e. The number of allylic oxidation sites excluding steroid dienone is 1. The number of hydrogen-bond donors (Lipinski definition) is 1. The Morgan fingerprint density at radius 3 is 2.97 bits per heavy atom. The third-order valence-electron chi connectivity index (χ3n) is 5.05. The molecule has 7 nitrogen and oxygen atoms in total. The van der Waals surface area contributed by atoms with Crippen molar-refractivity contribution in [2.24, 2.45) is 0 Å². The van der Waals surface area contributed by atoms with Crippen LogP contribution in [0.4, 0.5) is 0 Å². The normalized spacial score (nSPS) is 20.4. The predicted octanol–water partition coefficient (Wildman–Crippen LogP) is 3.21. The van der Waals surface area contributed by atoms with Gasteiger partial charge in [-0.1, -0.05) is 0 Å². The van der Waals surface area contributed by atoms with Crippen molar-refractivity contribution >= 4 is 28.8 Å². The van der Waals surface area contributed by atoms with Gasteiger partial charge < -0.3 is 14.6 Å². The van der Waals surface area contributed by atoms with Gasteiger partial charge in [0.15, 0.2) is 0 Å². The zero-order valence-electron chi connectivity index (χ0n) is 16.1. The number of aliphatic hydroxyl groups excluding tert-OH is 1. The van der Waals surface area contributed by atoms with E-state index in [0.717, 1.165) is 18.5 Å². The fourth-order valence-electron chi connectivity index (χ4n) is 3.46. The van der Waals surface area contributed by atoms with Gasteiger partial charge in [-0.2, -0.15) is 0 Å². The average Bonchev–Trinajstić information content (AvgIpc) is 3.36. The third kappa shape index (κ3) is 4.38. The number of carbonyl (C=O) groups excluding carboxylic acids is 2. The highest BCUT2D eigenvalue weighted by Gasteiger charge is 2.30. The topological polar surface area (TPSA) is 98.6 Å². The molecule has 0 aromatic carbocycles. The lowest BCUT2D eigenvalue weighted by atomic mass is 9.93. The number of esters is 1. The highest BCUT2D eigenvalue weighted by molar-refractivity contribution is 7.14. The maximum absolute atomic E-state index is 12.9. The SMILES string of the molecule is Cc1ccc(/C(O)=C2\CCc3nc(CC(=O)OCC4CCCO4)sc3C2=O)cn1. The van der Waals surface area contributed by atoms with Gasteiger partial charge in [0.05, 0.1) is 23.1 Å². The van der Waals surface area contributed by atoms with Crippen molar-refractivity contribution in [2.75, 3.05) is 13.2 Å². The van der Waals surface area contributed by atoms with Crippen molar-refractivity contribution in [2.45, 2.75) is 45.1 Å². The Balaban J connectivity index is 1.45. The van der Waals surface area contributed by atoms with E-state index in [1.807, 2.05) is 6.92 Å². The molecule has 1 fully saturated rings. The summed E-state index contributed by atoms with van der Waals surface area (Å²) in [5.74, 6) is -0.650. The van der Waals surface area contributed by atoms with E-state index in [-0.39, 0.29) is 36.6 Å². The van der Waals surface area contributed by atoms with Crippen molar-refractivity contribution in [3.05, 3.63) is 50.7 Å². The van der Waals surface area contributed by atoms with Gasteiger partial charge in [0, 0.05) is 29.6 Å². The van der Waals surface area contributed by atoms with E-state index >= 15 is 0 Å². The van der Waals surface area contributed by atoms with Crippen LogP contribution in [0.3, 0.4) is 0 Å². The molecule has 1 aliphatic heterocycles. The summed E-state index contributed by atoms with van der Waals surface area (Å²) >= 11 is 1.20. The van der Waals surface area contributed by atoms with E-state index in [9.17, 15) is 14.7 Å². The Labute approximate surface area is 172 Å². The molecule has 1 atom stereocenters. The van der Waals surface area contributed by atoms with E-state index in [0.29, 0.717) is 46.2 Å². The van der Waals surface area contributed by atoms with Crippen LogP contribution in [0, 0.1) is 6.92 Å². The molecular formula is C21H22N2O5S. The van der Waals surface area contributed by atoms with Gasteiger partial charge >= 0.3 is 5.97 Å². The number of carbonyl (C=O) groups is 2. The number of thiazole rings is 1. The first-order chi connectivity index (χ1) is 14.0. The number of nitrogens with zero attached hydrogens (tertiary/aromatic N) is 2. The van der Waals surface area contributed by atoms with Crippen LogP contribution in [0.15, 0.2) is 23.9 Å². The quantitative estimate of drug-likeness (QED) is 0.456. The second-order valence-corrected chi connectivity index (χ2v) is 8.31. The molecular weight excluding hydrogens is 392 g/mol. The summed E-state index contributed by atoms with van der Waals surface area (Å²) in [4.78, 5) is 34.1. The molecule has 1 unspecified atom stereocenters. The largest absolute Gasteiger partial charge is 0.507 e. The van der Waals surface area contributed by atoms with E-state index < -0.39 is 0 Å². The molecule has 0 spiro atoms. The highest BCUT2D eigenvalue weighted by atomic mass is 32.1. The molecule has 8 heteroatoms. The number of rotatable bonds is 5. The van der Waals surface area contributed by atoms with Crippen molar-refractivity contribution in [3.63, 3.8) is 0 Å². The average molecular weight is 414 g/mol. The summed E-state index contributed by atoms with van der Waals surface area (Å²) in [5, 5.41) is 11.1. The number of hydrogen-bond acceptors (Lipinski definition) is 8. The van der Waals surface area contributed by atoms with E-state index in [4.69, 9.17) is 9.47 Å². The number of aryl methyl sites for hydroxylation is 2. The molecule has 2 aliphatic rings. The molecule has 29 heavy (non-hydrogen) atoms. The van der Waals surface area contributed by atoms with Gasteiger partial charge in [0.25, 0.3) is 0 Å². The van der Waals surface area contributed by atoms with Crippen LogP contribution in [0.5, 0.6) is 0 Å². The monoisotopic (exact) mass is 414 g/mol. The van der Waals surface area contributed by atoms with Gasteiger partial charge in [-0.15, -0.1) is 11.3 Å². The van der Waals surface area contributed by atoms with Crippen LogP contribution < -0.4 is 0 Å². The Kier molecular flexibility index (Phi) is 5.73. The fourth-order valence-corrected chi connectivity index (χ4v) is 4.52. The molecule has 4 rings (SSSR count). The highest BCUT2D eigenvalue weighted by Crippen LogP contribution is 2.33. The second-order valence-electron chi connectivity index (χ2n) is 7.22. The predicted molar refractivity (Wildman–Crippen MR) is 107 cm³/mol. The van der Waals surface area contributed by atoms with Crippen LogP contribution in [-0.4, -0.2) is 46.1 Å². The number of pyridine rings is 1. The van der Waals surface area contributed by atoms with Crippen LogP contribution >= 0.6 is 11.3 Å². The molecule has 0 saturated carbocycles.